The molecule has 0 spiro atoms. The van der Waals surface area contributed by atoms with Crippen molar-refractivity contribution < 1.29 is 17.5 Å². The molecule has 2 aromatic rings. The van der Waals surface area contributed by atoms with Gasteiger partial charge in [0.2, 0.25) is 10.0 Å². The van der Waals surface area contributed by atoms with Crippen molar-refractivity contribution in [3.63, 3.8) is 0 Å². The number of benzene rings is 2. The van der Waals surface area contributed by atoms with Gasteiger partial charge in [0, 0.05) is 31.9 Å². The summed E-state index contributed by atoms with van der Waals surface area (Å²) in [6.45, 7) is 5.50. The predicted octanol–water partition coefficient (Wildman–Crippen LogP) is 2.96. The molecule has 1 fully saturated rings. The Morgan fingerprint density at radius 1 is 0.962 bits per heavy atom. The first-order valence-electron chi connectivity index (χ1n) is 8.49. The summed E-state index contributed by atoms with van der Waals surface area (Å²) in [5.41, 5.74) is 2.27. The number of hydrogen-bond donors (Lipinski definition) is 0. The lowest BCUT2D eigenvalue weighted by molar-refractivity contribution is 0.384. The van der Waals surface area contributed by atoms with Gasteiger partial charge in [0.1, 0.15) is 11.6 Å². The fourth-order valence-corrected chi connectivity index (χ4v) is 5.24. The Hall–Kier alpha value is -2.12. The van der Waals surface area contributed by atoms with E-state index in [4.69, 9.17) is 4.74 Å². The van der Waals surface area contributed by atoms with E-state index in [1.165, 1.54) is 16.4 Å². The summed E-state index contributed by atoms with van der Waals surface area (Å²) < 4.78 is 46.1. The zero-order valence-electron chi connectivity index (χ0n) is 15.2. The number of aryl methyl sites for hydroxylation is 2. The molecule has 0 atom stereocenters. The van der Waals surface area contributed by atoms with Crippen LogP contribution < -0.4 is 9.64 Å². The molecule has 0 aliphatic carbocycles. The van der Waals surface area contributed by atoms with Crippen LogP contribution in [0.5, 0.6) is 5.75 Å². The highest BCUT2D eigenvalue weighted by Crippen LogP contribution is 2.29. The second-order valence-electron chi connectivity index (χ2n) is 6.46. The lowest BCUT2D eigenvalue weighted by Gasteiger charge is -2.35. The topological polar surface area (TPSA) is 49.9 Å². The minimum Gasteiger partial charge on any atom is -0.497 e. The van der Waals surface area contributed by atoms with Gasteiger partial charge in [0.15, 0.2) is 0 Å². The van der Waals surface area contributed by atoms with Crippen LogP contribution >= 0.6 is 0 Å². The second-order valence-corrected chi connectivity index (χ2v) is 8.33. The molecular formula is C19H23FN2O3S. The summed E-state index contributed by atoms with van der Waals surface area (Å²) in [6, 6.07) is 9.77. The van der Waals surface area contributed by atoms with E-state index in [2.05, 4.69) is 4.90 Å². The highest BCUT2D eigenvalue weighted by atomic mass is 32.2. The Morgan fingerprint density at radius 3 is 2.00 bits per heavy atom. The Kier molecular flexibility index (Phi) is 5.20. The number of nitrogens with zero attached hydrogens (tertiary/aromatic N) is 2. The van der Waals surface area contributed by atoms with Gasteiger partial charge in [-0.1, -0.05) is 0 Å². The van der Waals surface area contributed by atoms with E-state index in [9.17, 15) is 12.8 Å². The zero-order chi connectivity index (χ0) is 18.9. The first kappa shape index (κ1) is 18.7. The summed E-state index contributed by atoms with van der Waals surface area (Å²) in [6.07, 6.45) is 0. The monoisotopic (exact) mass is 378 g/mol. The number of sulfonamides is 1. The summed E-state index contributed by atoms with van der Waals surface area (Å²) in [7, 11) is -2.00. The lowest BCUT2D eigenvalue weighted by atomic mass is 10.1. The Balaban J connectivity index is 1.79. The Morgan fingerprint density at radius 2 is 1.50 bits per heavy atom. The first-order chi connectivity index (χ1) is 12.3. The summed E-state index contributed by atoms with van der Waals surface area (Å²) in [5.74, 6) is 0.375. The van der Waals surface area contributed by atoms with Crippen LogP contribution in [-0.2, 0) is 10.0 Å². The first-order valence-corrected chi connectivity index (χ1v) is 9.93. The van der Waals surface area contributed by atoms with Crippen molar-refractivity contribution in [1.82, 2.24) is 4.31 Å². The normalized spacial score (nSPS) is 15.9. The largest absolute Gasteiger partial charge is 0.497 e. The van der Waals surface area contributed by atoms with Gasteiger partial charge in [-0.15, -0.1) is 0 Å². The average molecular weight is 378 g/mol. The fourth-order valence-electron chi connectivity index (χ4n) is 3.40. The quantitative estimate of drug-likeness (QED) is 0.821. The van der Waals surface area contributed by atoms with Gasteiger partial charge in [-0.3, -0.25) is 0 Å². The number of rotatable bonds is 4. The Bertz CT molecular complexity index is 866. The molecule has 1 aliphatic heterocycles. The number of piperazine rings is 1. The molecule has 0 amide bonds. The molecule has 140 valence electrons. The van der Waals surface area contributed by atoms with E-state index in [1.54, 1.807) is 45.2 Å². The molecule has 1 heterocycles. The van der Waals surface area contributed by atoms with Gasteiger partial charge in [0.05, 0.1) is 12.0 Å². The maximum atomic E-state index is 13.1. The molecule has 0 aromatic heterocycles. The minimum atomic E-state index is -3.57. The van der Waals surface area contributed by atoms with E-state index < -0.39 is 10.0 Å². The molecule has 26 heavy (non-hydrogen) atoms. The molecule has 0 N–H and O–H groups in total. The highest BCUT2D eigenvalue weighted by molar-refractivity contribution is 7.89. The number of anilines is 1. The SMILES string of the molecule is COc1cc(C)c(S(=O)(=O)N2CCN(c3ccc(F)cc3)CC2)c(C)c1. The minimum absolute atomic E-state index is 0.277. The van der Waals surface area contributed by atoms with Crippen LogP contribution in [0.15, 0.2) is 41.3 Å². The molecule has 0 unspecified atom stereocenters. The molecule has 0 radical (unpaired) electrons. The van der Waals surface area contributed by atoms with Crippen LogP contribution in [0.2, 0.25) is 0 Å². The van der Waals surface area contributed by atoms with Crippen molar-refractivity contribution in [1.29, 1.82) is 0 Å². The second kappa shape index (κ2) is 7.25. The maximum Gasteiger partial charge on any atom is 0.243 e. The molecule has 1 aliphatic rings. The third-order valence-electron chi connectivity index (χ3n) is 4.70. The van der Waals surface area contributed by atoms with Crippen LogP contribution in [0.3, 0.4) is 0 Å². The smallest absolute Gasteiger partial charge is 0.243 e. The molecule has 3 rings (SSSR count). The van der Waals surface area contributed by atoms with Gasteiger partial charge in [-0.25, -0.2) is 12.8 Å². The van der Waals surface area contributed by atoms with Crippen LogP contribution in [-0.4, -0.2) is 46.0 Å². The van der Waals surface area contributed by atoms with Crippen LogP contribution in [0.1, 0.15) is 11.1 Å². The number of hydrogen-bond acceptors (Lipinski definition) is 4. The third kappa shape index (κ3) is 3.54. The van der Waals surface area contributed by atoms with Crippen LogP contribution in [0.25, 0.3) is 0 Å². The van der Waals surface area contributed by atoms with E-state index in [-0.39, 0.29) is 5.82 Å². The van der Waals surface area contributed by atoms with Gasteiger partial charge in [-0.05, 0) is 61.4 Å². The van der Waals surface area contributed by atoms with Crippen molar-refractivity contribution in [2.75, 3.05) is 38.2 Å². The average Bonchev–Trinajstić information content (AvgIpc) is 2.61. The highest BCUT2D eigenvalue weighted by Gasteiger charge is 2.31. The number of ether oxygens (including phenoxy) is 1. The van der Waals surface area contributed by atoms with E-state index >= 15 is 0 Å². The molecule has 1 saturated heterocycles. The van der Waals surface area contributed by atoms with Crippen molar-refractivity contribution in [2.24, 2.45) is 0 Å². The van der Waals surface area contributed by atoms with E-state index in [0.29, 0.717) is 48.0 Å². The summed E-state index contributed by atoms with van der Waals surface area (Å²) in [4.78, 5) is 2.42. The number of halogens is 1. The molecule has 7 heteroatoms. The van der Waals surface area contributed by atoms with Crippen molar-refractivity contribution >= 4 is 15.7 Å². The van der Waals surface area contributed by atoms with Crippen molar-refractivity contribution in [3.8, 4) is 5.75 Å². The molecule has 2 aromatic carbocycles. The standard InChI is InChI=1S/C19H23FN2O3S/c1-14-12-18(25-3)13-15(2)19(14)26(23,24)22-10-8-21(9-11-22)17-6-4-16(20)5-7-17/h4-7,12-13H,8-11H2,1-3H3. The molecule has 0 saturated carbocycles. The van der Waals surface area contributed by atoms with Crippen molar-refractivity contribution in [3.05, 3.63) is 53.3 Å². The van der Waals surface area contributed by atoms with Crippen LogP contribution in [0.4, 0.5) is 10.1 Å². The van der Waals surface area contributed by atoms with Crippen molar-refractivity contribution in [2.45, 2.75) is 18.7 Å². The molecule has 5 nitrogen and oxygen atoms in total. The van der Waals surface area contributed by atoms with Crippen LogP contribution in [0, 0.1) is 19.7 Å². The Labute approximate surface area is 154 Å². The lowest BCUT2D eigenvalue weighted by Crippen LogP contribution is -2.48. The third-order valence-corrected chi connectivity index (χ3v) is 6.90. The van der Waals surface area contributed by atoms with Gasteiger partial charge < -0.3 is 9.64 Å². The van der Waals surface area contributed by atoms with E-state index in [0.717, 1.165) is 5.69 Å². The van der Waals surface area contributed by atoms with Gasteiger partial charge >= 0.3 is 0 Å². The summed E-state index contributed by atoms with van der Waals surface area (Å²) in [5, 5.41) is 0. The fraction of sp³-hybridized carbons (Fsp3) is 0.368. The van der Waals surface area contributed by atoms with E-state index in [1.807, 2.05) is 0 Å². The number of methoxy groups -OCH3 is 1. The maximum absolute atomic E-state index is 13.1. The molecule has 0 bridgehead atoms. The molecular weight excluding hydrogens is 355 g/mol. The zero-order valence-corrected chi connectivity index (χ0v) is 16.0. The van der Waals surface area contributed by atoms with Gasteiger partial charge in [-0.2, -0.15) is 4.31 Å². The summed E-state index contributed by atoms with van der Waals surface area (Å²) >= 11 is 0. The van der Waals surface area contributed by atoms with Gasteiger partial charge in [0.25, 0.3) is 0 Å². The predicted molar refractivity (Wildman–Crippen MR) is 99.8 cm³/mol.